The number of thiophene rings is 1. The summed E-state index contributed by atoms with van der Waals surface area (Å²) in [6, 6.07) is 8.94. The highest BCUT2D eigenvalue weighted by atomic mass is 32.1. The molecule has 0 fully saturated rings. The summed E-state index contributed by atoms with van der Waals surface area (Å²) in [6.07, 6.45) is 0. The van der Waals surface area contributed by atoms with E-state index in [0.717, 1.165) is 17.0 Å². The third-order valence-electron chi connectivity index (χ3n) is 2.75. The molecule has 5 nitrogen and oxygen atoms in total. The van der Waals surface area contributed by atoms with Crippen LogP contribution in [0.3, 0.4) is 0 Å². The molecule has 1 aromatic heterocycles. The van der Waals surface area contributed by atoms with Gasteiger partial charge in [-0.3, -0.25) is 10.1 Å². The van der Waals surface area contributed by atoms with Crippen LogP contribution in [0.4, 0.5) is 5.69 Å². The smallest absolute Gasteiger partial charge is 0.311 e. The van der Waals surface area contributed by atoms with E-state index in [1.54, 1.807) is 23.5 Å². The molecule has 20 heavy (non-hydrogen) atoms. The molecule has 0 bridgehead atoms. The molecule has 1 N–H and O–H groups in total. The minimum Gasteiger partial charge on any atom is -0.481 e. The quantitative estimate of drug-likeness (QED) is 0.628. The Morgan fingerprint density at radius 3 is 2.90 bits per heavy atom. The number of nitrogens with one attached hydrogen (secondary N) is 1. The van der Waals surface area contributed by atoms with Crippen molar-refractivity contribution in [2.75, 3.05) is 6.54 Å². The third kappa shape index (κ3) is 3.79. The van der Waals surface area contributed by atoms with Crippen molar-refractivity contribution in [3.8, 4) is 5.75 Å². The Bertz CT molecular complexity index is 570. The minimum atomic E-state index is -0.404. The van der Waals surface area contributed by atoms with Gasteiger partial charge in [0.15, 0.2) is 5.75 Å². The van der Waals surface area contributed by atoms with Crippen LogP contribution in [0.1, 0.15) is 17.4 Å². The highest BCUT2D eigenvalue weighted by Gasteiger charge is 2.16. The zero-order valence-electron chi connectivity index (χ0n) is 11.2. The molecule has 0 aliphatic rings. The lowest BCUT2D eigenvalue weighted by molar-refractivity contribution is -0.386. The number of ether oxygens (including phenoxy) is 1. The number of hydrogen-bond donors (Lipinski definition) is 1. The molecule has 0 radical (unpaired) electrons. The molecule has 2 aromatic rings. The fourth-order valence-electron chi connectivity index (χ4n) is 1.75. The van der Waals surface area contributed by atoms with Crippen molar-refractivity contribution >= 4 is 17.0 Å². The predicted octanol–water partition coefficient (Wildman–Crippen LogP) is 3.34. The first-order chi connectivity index (χ1) is 9.70. The van der Waals surface area contributed by atoms with Gasteiger partial charge in [-0.15, -0.1) is 11.3 Å². The molecule has 0 aliphatic carbocycles. The number of benzene rings is 1. The average molecular weight is 292 g/mol. The van der Waals surface area contributed by atoms with E-state index in [4.69, 9.17) is 4.74 Å². The summed E-state index contributed by atoms with van der Waals surface area (Å²) in [5.41, 5.74) is 0.888. The molecule has 0 saturated carbocycles. The Morgan fingerprint density at radius 2 is 2.25 bits per heavy atom. The standard InChI is InChI=1S/C14H16N2O3S/c1-2-15-9-11-5-6-14(13(8-11)16(17)18)19-10-12-4-3-7-20-12/h3-8,15H,2,9-10H2,1H3. The largest absolute Gasteiger partial charge is 0.481 e. The van der Waals surface area contributed by atoms with Gasteiger partial charge in [-0.1, -0.05) is 19.1 Å². The number of nitrogens with zero attached hydrogens (tertiary/aromatic N) is 1. The fourth-order valence-corrected chi connectivity index (χ4v) is 2.37. The first-order valence-electron chi connectivity index (χ1n) is 6.34. The number of hydrogen-bond acceptors (Lipinski definition) is 5. The van der Waals surface area contributed by atoms with Crippen LogP contribution in [0.2, 0.25) is 0 Å². The molecule has 0 atom stereocenters. The van der Waals surface area contributed by atoms with Gasteiger partial charge in [0.1, 0.15) is 6.61 Å². The van der Waals surface area contributed by atoms with Crippen molar-refractivity contribution in [3.05, 3.63) is 56.3 Å². The van der Waals surface area contributed by atoms with E-state index in [9.17, 15) is 10.1 Å². The minimum absolute atomic E-state index is 0.0111. The molecular formula is C14H16N2O3S. The van der Waals surface area contributed by atoms with Gasteiger partial charge in [-0.2, -0.15) is 0 Å². The zero-order chi connectivity index (χ0) is 14.4. The molecule has 0 saturated heterocycles. The molecule has 0 aliphatic heterocycles. The highest BCUT2D eigenvalue weighted by Crippen LogP contribution is 2.29. The molecule has 2 rings (SSSR count). The monoisotopic (exact) mass is 292 g/mol. The van der Waals surface area contributed by atoms with Gasteiger partial charge in [-0.25, -0.2) is 0 Å². The topological polar surface area (TPSA) is 64.4 Å². The van der Waals surface area contributed by atoms with Crippen LogP contribution in [-0.4, -0.2) is 11.5 Å². The van der Waals surface area contributed by atoms with Crippen molar-refractivity contribution in [2.45, 2.75) is 20.1 Å². The molecular weight excluding hydrogens is 276 g/mol. The van der Waals surface area contributed by atoms with Gasteiger partial charge in [0, 0.05) is 17.5 Å². The van der Waals surface area contributed by atoms with E-state index in [-0.39, 0.29) is 5.69 Å². The second-order valence-corrected chi connectivity index (χ2v) is 5.24. The molecule has 6 heteroatoms. The lowest BCUT2D eigenvalue weighted by Gasteiger charge is -2.08. The third-order valence-corrected chi connectivity index (χ3v) is 3.60. The molecule has 0 spiro atoms. The SMILES string of the molecule is CCNCc1ccc(OCc2cccs2)c([N+](=O)[O-])c1. The lowest BCUT2D eigenvalue weighted by Crippen LogP contribution is -2.12. The van der Waals surface area contributed by atoms with E-state index >= 15 is 0 Å². The highest BCUT2D eigenvalue weighted by molar-refractivity contribution is 7.09. The Morgan fingerprint density at radius 1 is 1.40 bits per heavy atom. The van der Waals surface area contributed by atoms with Crippen LogP contribution in [0, 0.1) is 10.1 Å². The van der Waals surface area contributed by atoms with Crippen LogP contribution in [0.15, 0.2) is 35.7 Å². The van der Waals surface area contributed by atoms with Crippen LogP contribution < -0.4 is 10.1 Å². The molecule has 0 unspecified atom stereocenters. The van der Waals surface area contributed by atoms with Gasteiger partial charge in [0.2, 0.25) is 0 Å². The first-order valence-corrected chi connectivity index (χ1v) is 7.22. The Hall–Kier alpha value is -1.92. The maximum absolute atomic E-state index is 11.1. The Balaban J connectivity index is 2.12. The lowest BCUT2D eigenvalue weighted by atomic mass is 10.2. The summed E-state index contributed by atoms with van der Waals surface area (Å²) in [6.45, 7) is 3.78. The van der Waals surface area contributed by atoms with Crippen LogP contribution in [0.5, 0.6) is 5.75 Å². The van der Waals surface area contributed by atoms with Crippen LogP contribution in [0.25, 0.3) is 0 Å². The van der Waals surface area contributed by atoms with E-state index in [0.29, 0.717) is 18.9 Å². The van der Waals surface area contributed by atoms with Crippen molar-refractivity contribution in [1.29, 1.82) is 0 Å². The van der Waals surface area contributed by atoms with Gasteiger partial charge >= 0.3 is 5.69 Å². The van der Waals surface area contributed by atoms with Gasteiger partial charge in [0.25, 0.3) is 0 Å². The Kier molecular flexibility index (Phi) is 5.09. The molecule has 1 heterocycles. The van der Waals surface area contributed by atoms with Gasteiger partial charge < -0.3 is 10.1 Å². The van der Waals surface area contributed by atoms with Crippen molar-refractivity contribution in [3.63, 3.8) is 0 Å². The summed E-state index contributed by atoms with van der Waals surface area (Å²) in [7, 11) is 0. The predicted molar refractivity (Wildman–Crippen MR) is 79.1 cm³/mol. The number of nitro groups is 1. The zero-order valence-corrected chi connectivity index (χ0v) is 12.0. The second kappa shape index (κ2) is 7.02. The van der Waals surface area contributed by atoms with E-state index in [1.807, 2.05) is 30.5 Å². The summed E-state index contributed by atoms with van der Waals surface area (Å²) >= 11 is 1.57. The summed E-state index contributed by atoms with van der Waals surface area (Å²) < 4.78 is 5.55. The molecule has 106 valence electrons. The number of nitro benzene ring substituents is 1. The van der Waals surface area contributed by atoms with Gasteiger partial charge in [0.05, 0.1) is 4.92 Å². The summed E-state index contributed by atoms with van der Waals surface area (Å²) in [5.74, 6) is 0.309. The van der Waals surface area contributed by atoms with Crippen molar-refractivity contribution in [1.82, 2.24) is 5.32 Å². The molecule has 0 amide bonds. The second-order valence-electron chi connectivity index (χ2n) is 4.21. The summed E-state index contributed by atoms with van der Waals surface area (Å²) in [4.78, 5) is 11.8. The molecule has 1 aromatic carbocycles. The first kappa shape index (κ1) is 14.5. The van der Waals surface area contributed by atoms with Crippen molar-refractivity contribution in [2.24, 2.45) is 0 Å². The maximum atomic E-state index is 11.1. The van der Waals surface area contributed by atoms with E-state index in [2.05, 4.69) is 5.32 Å². The van der Waals surface area contributed by atoms with Crippen molar-refractivity contribution < 1.29 is 9.66 Å². The maximum Gasteiger partial charge on any atom is 0.311 e. The van der Waals surface area contributed by atoms with Crippen LogP contribution >= 0.6 is 11.3 Å². The normalized spacial score (nSPS) is 10.4. The Labute approximate surface area is 121 Å². The van der Waals surface area contributed by atoms with E-state index in [1.165, 1.54) is 0 Å². The fraction of sp³-hybridized carbons (Fsp3) is 0.286. The van der Waals surface area contributed by atoms with E-state index < -0.39 is 4.92 Å². The summed E-state index contributed by atoms with van der Waals surface area (Å²) in [5, 5.41) is 16.2. The van der Waals surface area contributed by atoms with Crippen LogP contribution in [-0.2, 0) is 13.2 Å². The number of rotatable bonds is 7. The van der Waals surface area contributed by atoms with Gasteiger partial charge in [-0.05, 0) is 29.6 Å². The average Bonchev–Trinajstić information content (AvgIpc) is 2.96.